The SMILES string of the molecule is CCCc1nc(N)c(C)c(Oc2ccc(OC)cc2)n1. The number of hydrogen-bond acceptors (Lipinski definition) is 5. The molecule has 2 N–H and O–H groups in total. The summed E-state index contributed by atoms with van der Waals surface area (Å²) in [4.78, 5) is 8.67. The Morgan fingerprint density at radius 1 is 1.10 bits per heavy atom. The fourth-order valence-corrected chi connectivity index (χ4v) is 1.75. The third-order valence-electron chi connectivity index (χ3n) is 2.93. The van der Waals surface area contributed by atoms with Crippen LogP contribution in [0.3, 0.4) is 0 Å². The zero-order valence-corrected chi connectivity index (χ0v) is 12.0. The first kappa shape index (κ1) is 14.1. The van der Waals surface area contributed by atoms with Crippen molar-refractivity contribution >= 4 is 5.82 Å². The highest BCUT2D eigenvalue weighted by Crippen LogP contribution is 2.27. The first-order valence-electron chi connectivity index (χ1n) is 6.59. The van der Waals surface area contributed by atoms with Crippen LogP contribution in [0, 0.1) is 6.92 Å². The molecule has 1 heterocycles. The van der Waals surface area contributed by atoms with E-state index >= 15 is 0 Å². The van der Waals surface area contributed by atoms with Gasteiger partial charge in [0.2, 0.25) is 5.88 Å². The van der Waals surface area contributed by atoms with E-state index in [9.17, 15) is 0 Å². The average Bonchev–Trinajstić information content (AvgIpc) is 2.45. The predicted molar refractivity (Wildman–Crippen MR) is 78.2 cm³/mol. The highest BCUT2D eigenvalue weighted by molar-refractivity contribution is 5.46. The lowest BCUT2D eigenvalue weighted by Gasteiger charge is -2.11. The zero-order valence-electron chi connectivity index (χ0n) is 12.0. The standard InChI is InChI=1S/C15H19N3O2/c1-4-5-13-17-14(16)10(2)15(18-13)20-12-8-6-11(19-3)7-9-12/h6-9H,4-5H2,1-3H3,(H2,16,17,18). The van der Waals surface area contributed by atoms with Crippen molar-refractivity contribution in [2.24, 2.45) is 0 Å². The molecule has 1 aromatic heterocycles. The summed E-state index contributed by atoms with van der Waals surface area (Å²) in [6, 6.07) is 7.33. The van der Waals surface area contributed by atoms with Gasteiger partial charge in [0, 0.05) is 6.42 Å². The highest BCUT2D eigenvalue weighted by atomic mass is 16.5. The number of benzene rings is 1. The summed E-state index contributed by atoms with van der Waals surface area (Å²) in [5, 5.41) is 0. The zero-order chi connectivity index (χ0) is 14.5. The largest absolute Gasteiger partial charge is 0.497 e. The van der Waals surface area contributed by atoms with E-state index in [1.165, 1.54) is 0 Å². The summed E-state index contributed by atoms with van der Waals surface area (Å²) < 4.78 is 10.9. The Bertz CT molecular complexity index is 582. The lowest BCUT2D eigenvalue weighted by molar-refractivity contribution is 0.411. The minimum Gasteiger partial charge on any atom is -0.497 e. The smallest absolute Gasteiger partial charge is 0.227 e. The van der Waals surface area contributed by atoms with E-state index in [0.29, 0.717) is 23.3 Å². The third kappa shape index (κ3) is 3.17. The molecule has 0 saturated carbocycles. The molecule has 0 unspecified atom stereocenters. The van der Waals surface area contributed by atoms with E-state index in [-0.39, 0.29) is 0 Å². The summed E-state index contributed by atoms with van der Waals surface area (Å²) in [5.41, 5.74) is 6.65. The molecule has 0 bridgehead atoms. The molecule has 1 aromatic carbocycles. The van der Waals surface area contributed by atoms with E-state index in [4.69, 9.17) is 15.2 Å². The minimum absolute atomic E-state index is 0.465. The van der Waals surface area contributed by atoms with Crippen LogP contribution < -0.4 is 15.2 Å². The maximum absolute atomic E-state index is 5.90. The molecule has 106 valence electrons. The number of anilines is 1. The van der Waals surface area contributed by atoms with Gasteiger partial charge in [-0.1, -0.05) is 6.92 Å². The van der Waals surface area contributed by atoms with E-state index < -0.39 is 0 Å². The van der Waals surface area contributed by atoms with Gasteiger partial charge in [0.25, 0.3) is 0 Å². The normalized spacial score (nSPS) is 10.3. The molecule has 0 atom stereocenters. The van der Waals surface area contributed by atoms with Gasteiger partial charge >= 0.3 is 0 Å². The van der Waals surface area contributed by atoms with E-state index in [1.807, 2.05) is 31.2 Å². The number of rotatable bonds is 5. The van der Waals surface area contributed by atoms with Crippen molar-refractivity contribution in [2.75, 3.05) is 12.8 Å². The molecule has 0 aliphatic rings. The fraction of sp³-hybridized carbons (Fsp3) is 0.333. The summed E-state index contributed by atoms with van der Waals surface area (Å²) in [7, 11) is 1.63. The molecule has 0 fully saturated rings. The molecule has 0 aliphatic carbocycles. The number of aromatic nitrogens is 2. The van der Waals surface area contributed by atoms with Crippen molar-refractivity contribution in [3.05, 3.63) is 35.7 Å². The fourth-order valence-electron chi connectivity index (χ4n) is 1.75. The number of nitrogen functional groups attached to an aromatic ring is 1. The molecule has 0 radical (unpaired) electrons. The Morgan fingerprint density at radius 2 is 1.75 bits per heavy atom. The van der Waals surface area contributed by atoms with Crippen LogP contribution in [0.4, 0.5) is 5.82 Å². The Labute approximate surface area is 118 Å². The topological polar surface area (TPSA) is 70.3 Å². The van der Waals surface area contributed by atoms with Gasteiger partial charge in [-0.25, -0.2) is 4.98 Å². The van der Waals surface area contributed by atoms with Crippen LogP contribution in [0.15, 0.2) is 24.3 Å². The Morgan fingerprint density at radius 3 is 2.35 bits per heavy atom. The first-order chi connectivity index (χ1) is 9.63. The van der Waals surface area contributed by atoms with Crippen LogP contribution in [0.25, 0.3) is 0 Å². The summed E-state index contributed by atoms with van der Waals surface area (Å²) >= 11 is 0. The number of hydrogen-bond donors (Lipinski definition) is 1. The lowest BCUT2D eigenvalue weighted by Crippen LogP contribution is -2.05. The number of ether oxygens (including phenoxy) is 2. The van der Waals surface area contributed by atoms with E-state index in [2.05, 4.69) is 16.9 Å². The molecule has 0 aliphatic heterocycles. The van der Waals surface area contributed by atoms with Crippen molar-refractivity contribution < 1.29 is 9.47 Å². The highest BCUT2D eigenvalue weighted by Gasteiger charge is 2.10. The van der Waals surface area contributed by atoms with Crippen molar-refractivity contribution in [1.82, 2.24) is 9.97 Å². The first-order valence-corrected chi connectivity index (χ1v) is 6.59. The number of methoxy groups -OCH3 is 1. The molecule has 5 nitrogen and oxygen atoms in total. The van der Waals surface area contributed by atoms with Gasteiger partial charge in [0.15, 0.2) is 0 Å². The summed E-state index contributed by atoms with van der Waals surface area (Å²) in [6.45, 7) is 3.92. The summed E-state index contributed by atoms with van der Waals surface area (Å²) in [5.74, 6) is 3.15. The minimum atomic E-state index is 0.465. The molecule has 0 amide bonds. The quantitative estimate of drug-likeness (QED) is 0.906. The molecular formula is C15H19N3O2. The van der Waals surface area contributed by atoms with Crippen molar-refractivity contribution in [1.29, 1.82) is 0 Å². The molecule has 5 heteroatoms. The van der Waals surface area contributed by atoms with Crippen LogP contribution in [0.2, 0.25) is 0 Å². The van der Waals surface area contributed by atoms with Crippen molar-refractivity contribution in [3.8, 4) is 17.4 Å². The monoisotopic (exact) mass is 273 g/mol. The molecule has 0 spiro atoms. The van der Waals surface area contributed by atoms with Crippen LogP contribution >= 0.6 is 0 Å². The Kier molecular flexibility index (Phi) is 4.40. The van der Waals surface area contributed by atoms with Crippen LogP contribution in [-0.4, -0.2) is 17.1 Å². The Balaban J connectivity index is 2.26. The molecule has 20 heavy (non-hydrogen) atoms. The summed E-state index contributed by atoms with van der Waals surface area (Å²) in [6.07, 6.45) is 1.74. The van der Waals surface area contributed by atoms with Crippen LogP contribution in [-0.2, 0) is 6.42 Å². The second kappa shape index (κ2) is 6.23. The second-order valence-corrected chi connectivity index (χ2v) is 4.48. The van der Waals surface area contributed by atoms with Gasteiger partial charge in [-0.2, -0.15) is 4.98 Å². The molecule has 2 rings (SSSR count). The van der Waals surface area contributed by atoms with Gasteiger partial charge in [-0.3, -0.25) is 0 Å². The third-order valence-corrected chi connectivity index (χ3v) is 2.93. The maximum Gasteiger partial charge on any atom is 0.227 e. The molecular weight excluding hydrogens is 254 g/mol. The van der Waals surface area contributed by atoms with Crippen LogP contribution in [0.1, 0.15) is 24.7 Å². The molecule has 2 aromatic rings. The van der Waals surface area contributed by atoms with Gasteiger partial charge in [-0.15, -0.1) is 0 Å². The maximum atomic E-state index is 5.90. The van der Waals surface area contributed by atoms with Gasteiger partial charge in [0.05, 0.1) is 12.7 Å². The number of aryl methyl sites for hydroxylation is 1. The van der Waals surface area contributed by atoms with Crippen LogP contribution in [0.5, 0.6) is 17.4 Å². The average molecular weight is 273 g/mol. The second-order valence-electron chi connectivity index (χ2n) is 4.48. The van der Waals surface area contributed by atoms with Gasteiger partial charge in [0.1, 0.15) is 23.1 Å². The Hall–Kier alpha value is -2.30. The predicted octanol–water partition coefficient (Wildman–Crippen LogP) is 3.12. The number of nitrogens with zero attached hydrogens (tertiary/aromatic N) is 2. The number of nitrogens with two attached hydrogens (primary N) is 1. The van der Waals surface area contributed by atoms with Gasteiger partial charge < -0.3 is 15.2 Å². The lowest BCUT2D eigenvalue weighted by atomic mass is 10.3. The van der Waals surface area contributed by atoms with Crippen molar-refractivity contribution in [3.63, 3.8) is 0 Å². The van der Waals surface area contributed by atoms with Crippen molar-refractivity contribution in [2.45, 2.75) is 26.7 Å². The van der Waals surface area contributed by atoms with Gasteiger partial charge in [-0.05, 0) is 37.6 Å². The van der Waals surface area contributed by atoms with E-state index in [1.54, 1.807) is 7.11 Å². The van der Waals surface area contributed by atoms with E-state index in [0.717, 1.165) is 24.2 Å². The molecule has 0 saturated heterocycles.